The molecule has 0 aliphatic carbocycles. The maximum atomic E-state index is 14.6. The molecule has 1 aromatic carbocycles. The number of para-hydroxylation sites is 1. The van der Waals surface area contributed by atoms with Crippen LogP contribution in [-0.4, -0.2) is 286 Å². The van der Waals surface area contributed by atoms with Gasteiger partial charge in [0.25, 0.3) is 0 Å². The van der Waals surface area contributed by atoms with Crippen LogP contribution in [0, 0.1) is 17.8 Å². The molecular formula is C75H119N18O27P. The second kappa shape index (κ2) is 49.2. The molecule has 46 heteroatoms. The maximum absolute atomic E-state index is 14.6. The number of nitrogens with two attached hydrogens (primary N) is 3. The Labute approximate surface area is 697 Å². The van der Waals surface area contributed by atoms with E-state index in [-0.39, 0.29) is 70.0 Å². The van der Waals surface area contributed by atoms with Crippen molar-refractivity contribution < 1.29 is 131 Å². The maximum Gasteiger partial charge on any atom is 0.469 e. The van der Waals surface area contributed by atoms with E-state index in [4.69, 9.17) is 21.7 Å². The molecule has 0 spiro atoms. The Morgan fingerprint density at radius 1 is 0.504 bits per heavy atom. The van der Waals surface area contributed by atoms with Crippen LogP contribution in [0.2, 0.25) is 0 Å². The zero-order chi connectivity index (χ0) is 91.0. The molecule has 2 fully saturated rings. The van der Waals surface area contributed by atoms with E-state index < -0.39 is 262 Å². The van der Waals surface area contributed by atoms with Crippen LogP contribution in [0.15, 0.2) is 30.5 Å². The predicted molar refractivity (Wildman–Crippen MR) is 427 cm³/mol. The zero-order valence-corrected chi connectivity index (χ0v) is 70.0. The number of fused-ring (bicyclic) bond motifs is 1. The minimum absolute atomic E-state index is 0.0156. The first-order chi connectivity index (χ1) is 56.7. The first-order valence-corrected chi connectivity index (χ1v) is 41.4. The number of likely N-dealkylation sites (tertiary alicyclic amines) is 2. The van der Waals surface area contributed by atoms with Gasteiger partial charge in [-0.2, -0.15) is 0 Å². The second-order valence-corrected chi connectivity index (χ2v) is 32.5. The number of nitrogens with zero attached hydrogens (tertiary/aromatic N) is 2. The van der Waals surface area contributed by atoms with E-state index in [0.717, 1.165) is 13.8 Å². The number of aromatic nitrogens is 1. The fourth-order valence-electron chi connectivity index (χ4n) is 13.5. The van der Waals surface area contributed by atoms with Gasteiger partial charge >= 0.3 is 25.7 Å². The molecule has 2 aliphatic rings. The highest BCUT2D eigenvalue weighted by molar-refractivity contribution is 7.46. The molecule has 0 bridgehead atoms. The van der Waals surface area contributed by atoms with Crippen molar-refractivity contribution in [1.29, 1.82) is 0 Å². The number of aliphatic hydroxyl groups is 2. The number of aliphatic carboxylic acids is 3. The van der Waals surface area contributed by atoms with Crippen LogP contribution in [0.1, 0.15) is 164 Å². The molecule has 16 atom stereocenters. The monoisotopic (exact) mass is 1730 g/mol. The van der Waals surface area contributed by atoms with Gasteiger partial charge in [0.15, 0.2) is 0 Å². The van der Waals surface area contributed by atoms with Crippen molar-refractivity contribution in [3.8, 4) is 0 Å². The molecule has 0 unspecified atom stereocenters. The van der Waals surface area contributed by atoms with E-state index in [0.29, 0.717) is 48.6 Å². The summed E-state index contributed by atoms with van der Waals surface area (Å²) in [6, 6.07) is -17.7. The number of carboxylic acid groups (broad SMARTS) is 3. The fourth-order valence-corrected chi connectivity index (χ4v) is 14.1. The van der Waals surface area contributed by atoms with E-state index in [1.165, 1.54) is 16.7 Å². The lowest BCUT2D eigenvalue weighted by Crippen LogP contribution is -2.62. The molecule has 4 rings (SSSR count). The number of carboxylic acids is 3. The molecule has 15 amide bonds. The van der Waals surface area contributed by atoms with Crippen LogP contribution in [0.4, 0.5) is 0 Å². The summed E-state index contributed by atoms with van der Waals surface area (Å²) in [7, 11) is -5.64. The molecule has 0 radical (unpaired) electrons. The standard InChI is InChI=1S/C75H119N18O27P/c1-36(2)28-48(65(105)85-50(31-42-33-79-44-17-11-10-16-43(42)44)67(107)81-45(18-12-13-25-76)62(102)88-52(75(115)116)30-38(5)6)84-68(108)51(32-59(99)100)86-70(110)53(34-94)89-61(101)40(8)80-72(112)60(41(9)120-121(117,118)119)91-64(104)47(22-24-58(97)98)82-63(103)46(21-23-57(78)96)83-69(109)54(35-95)90-66(106)49(29-37(3)4)87-71(111)55-19-14-26-92(55)74(114)56-20-15-27-93(56)73(113)39(7)77/h10-11,16-17,33,36-41,45-56,60,79,94-95H,12-15,18-32,34-35,76-77H2,1-9H3,(H2,78,96)(H,80,112)(H,81,107)(H,82,103)(H,83,109)(H,84,108)(H,85,105)(H,86,110)(H,87,111)(H,88,102)(H,89,101)(H,90,106)(H,91,104)(H,97,98)(H,99,100)(H,115,116)(H2,117,118,119)/t39-,40-,41+,45-,46-,47-,48-,49-,50-,51-,52-,53-,54-,55-,56-,60-/m0/s1. The van der Waals surface area contributed by atoms with Crippen LogP contribution in [0.5, 0.6) is 0 Å². The number of hydrogen-bond donors (Lipinski definition) is 23. The van der Waals surface area contributed by atoms with Crippen LogP contribution in [0.25, 0.3) is 10.9 Å². The van der Waals surface area contributed by atoms with Gasteiger partial charge < -0.3 is 131 Å². The van der Waals surface area contributed by atoms with Gasteiger partial charge in [-0.25, -0.2) is 9.36 Å². The first-order valence-electron chi connectivity index (χ1n) is 39.9. The molecule has 121 heavy (non-hydrogen) atoms. The number of primary amides is 1. The van der Waals surface area contributed by atoms with Gasteiger partial charge in [0.05, 0.1) is 31.8 Å². The lowest BCUT2D eigenvalue weighted by atomic mass is 9.99. The Balaban J connectivity index is 1.55. The van der Waals surface area contributed by atoms with Gasteiger partial charge in [0.1, 0.15) is 84.6 Å². The number of amides is 15. The molecule has 3 heterocycles. The summed E-state index contributed by atoms with van der Waals surface area (Å²) >= 11 is 0. The van der Waals surface area contributed by atoms with Crippen LogP contribution in [-0.2, 0) is 102 Å². The van der Waals surface area contributed by atoms with E-state index in [1.807, 2.05) is 5.32 Å². The fraction of sp³-hybridized carbons (Fsp3) is 0.653. The average molecular weight is 1740 g/mol. The molecule has 45 nitrogen and oxygen atoms in total. The minimum atomic E-state index is -5.64. The van der Waals surface area contributed by atoms with Gasteiger partial charge in [-0.3, -0.25) is 86.0 Å². The zero-order valence-electron chi connectivity index (χ0n) is 69.1. The summed E-state index contributed by atoms with van der Waals surface area (Å²) in [6.07, 6.45) is -3.37. The number of phosphoric ester groups is 1. The Morgan fingerprint density at radius 2 is 0.942 bits per heavy atom. The Hall–Kier alpha value is -10.8. The quantitative estimate of drug-likeness (QED) is 0.0217. The molecular weight excluding hydrogens is 1620 g/mol. The summed E-state index contributed by atoms with van der Waals surface area (Å²) < 4.78 is 16.9. The van der Waals surface area contributed by atoms with Crippen molar-refractivity contribution in [1.82, 2.24) is 78.6 Å². The smallest absolute Gasteiger partial charge is 0.469 e. The number of carbonyl (C=O) groups is 18. The van der Waals surface area contributed by atoms with E-state index in [9.17, 15) is 126 Å². The van der Waals surface area contributed by atoms with Gasteiger partial charge in [-0.05, 0) is 134 Å². The number of H-pyrrole nitrogens is 1. The van der Waals surface area contributed by atoms with Gasteiger partial charge in [-0.15, -0.1) is 0 Å². The molecule has 26 N–H and O–H groups in total. The highest BCUT2D eigenvalue weighted by atomic mass is 31.2. The van der Waals surface area contributed by atoms with E-state index in [2.05, 4.69) is 63.5 Å². The SMILES string of the molecule is CC(C)C[C@H](NC(=O)[C@H](CCCCN)NC(=O)[C@H](Cc1c[nH]c2ccccc12)NC(=O)[C@H](CC(C)C)NC(=O)[C@H](CC(=O)O)NC(=O)[C@H](CO)NC(=O)[C@H](C)NC(=O)[C@@H](NC(=O)[C@H](CCC(=O)O)NC(=O)[C@H](CCC(N)=O)NC(=O)[C@H](CO)NC(=O)[C@H](CC(C)C)NC(=O)[C@@H]1CCCN1C(=O)[C@@H]1CCCN1C(=O)[C@H](C)N)[C@@H](C)OP(=O)(O)O)C(=O)O. The van der Waals surface area contributed by atoms with Crippen molar-refractivity contribution in [2.75, 3.05) is 32.8 Å². The third kappa shape index (κ3) is 33.6. The van der Waals surface area contributed by atoms with E-state index >= 15 is 0 Å². The summed E-state index contributed by atoms with van der Waals surface area (Å²) in [6.45, 7) is 11.5. The number of hydrogen-bond acceptors (Lipinski definition) is 24. The second-order valence-electron chi connectivity index (χ2n) is 31.3. The van der Waals surface area contributed by atoms with Gasteiger partial charge in [0.2, 0.25) is 88.6 Å². The average Bonchev–Trinajstić information content (AvgIpc) is 1.61. The van der Waals surface area contributed by atoms with Crippen LogP contribution < -0.4 is 81.0 Å². The van der Waals surface area contributed by atoms with Crippen molar-refractivity contribution in [2.45, 2.75) is 262 Å². The molecule has 2 aliphatic heterocycles. The summed E-state index contributed by atoms with van der Waals surface area (Å²) in [5.74, 6) is -22.1. The van der Waals surface area contributed by atoms with Crippen molar-refractivity contribution in [3.63, 3.8) is 0 Å². The third-order valence-corrected chi connectivity index (χ3v) is 20.3. The van der Waals surface area contributed by atoms with E-state index in [1.54, 1.807) is 72.0 Å². The highest BCUT2D eigenvalue weighted by Crippen LogP contribution is 2.38. The summed E-state index contributed by atoms with van der Waals surface area (Å²) in [5, 5.41) is 79.0. The summed E-state index contributed by atoms with van der Waals surface area (Å²) in [4.78, 5) is 271. The number of carbonyl (C=O) groups excluding carboxylic acids is 15. The lowest BCUT2D eigenvalue weighted by molar-refractivity contribution is -0.147. The van der Waals surface area contributed by atoms with Crippen molar-refractivity contribution >= 4 is 125 Å². The number of aliphatic hydroxyl groups excluding tert-OH is 2. The predicted octanol–water partition coefficient (Wildman–Crippen LogP) is -5.68. The summed E-state index contributed by atoms with van der Waals surface area (Å²) in [5.41, 5.74) is 18.1. The first kappa shape index (κ1) is 103. The van der Waals surface area contributed by atoms with Crippen LogP contribution in [0.3, 0.4) is 0 Å². The van der Waals surface area contributed by atoms with Gasteiger partial charge in [-0.1, -0.05) is 59.7 Å². The Kier molecular flexibility index (Phi) is 41.7. The Morgan fingerprint density at radius 3 is 1.45 bits per heavy atom. The molecule has 2 aromatic rings. The molecule has 2 saturated heterocycles. The largest absolute Gasteiger partial charge is 0.481 e. The normalized spacial score (nSPS) is 17.5. The number of rotatable bonds is 52. The highest BCUT2D eigenvalue weighted by Gasteiger charge is 2.45. The van der Waals surface area contributed by atoms with Gasteiger partial charge in [0, 0.05) is 49.5 Å². The minimum Gasteiger partial charge on any atom is -0.481 e. The number of benzene rings is 1. The third-order valence-electron chi connectivity index (χ3n) is 19.7. The molecule has 676 valence electrons. The lowest BCUT2D eigenvalue weighted by Gasteiger charge is -2.32. The van der Waals surface area contributed by atoms with Crippen LogP contribution >= 0.6 is 7.82 Å². The number of unbranched alkanes of at least 4 members (excludes halogenated alkanes) is 1. The Bertz CT molecular complexity index is 4050. The number of nitrogens with one attached hydrogen (secondary N) is 13. The molecule has 1 aromatic heterocycles. The van der Waals surface area contributed by atoms with Crippen molar-refractivity contribution in [3.05, 3.63) is 36.0 Å². The molecule has 0 saturated carbocycles. The van der Waals surface area contributed by atoms with Crippen molar-refractivity contribution in [2.24, 2.45) is 35.0 Å². The number of aromatic amines is 1. The topological polar surface area (TPSA) is 720 Å². The number of phosphoric acid groups is 1.